The van der Waals surface area contributed by atoms with Gasteiger partial charge in [0.2, 0.25) is 0 Å². The van der Waals surface area contributed by atoms with Crippen LogP contribution in [0.3, 0.4) is 0 Å². The number of carboxylic acid groups (broad SMARTS) is 1. The highest BCUT2D eigenvalue weighted by Crippen LogP contribution is 2.20. The molecule has 1 aliphatic heterocycles. The van der Waals surface area contributed by atoms with Crippen LogP contribution >= 0.6 is 0 Å². The predicted octanol–water partition coefficient (Wildman–Crippen LogP) is 0.251. The van der Waals surface area contributed by atoms with Crippen LogP contribution in [-0.4, -0.2) is 53.9 Å². The molecule has 0 saturated carbocycles. The highest BCUT2D eigenvalue weighted by molar-refractivity contribution is 5.83. The second-order valence-corrected chi connectivity index (χ2v) is 3.30. The maximum Gasteiger partial charge on any atom is 0.471 e. The van der Waals surface area contributed by atoms with E-state index in [4.69, 9.17) is 9.84 Å². The van der Waals surface area contributed by atoms with Gasteiger partial charge in [-0.15, -0.1) is 0 Å². The van der Waals surface area contributed by atoms with Gasteiger partial charge < -0.3 is 14.7 Å². The van der Waals surface area contributed by atoms with Crippen LogP contribution in [0.5, 0.6) is 0 Å². The zero-order valence-corrected chi connectivity index (χ0v) is 8.16. The molecule has 0 aromatic carbocycles. The summed E-state index contributed by atoms with van der Waals surface area (Å²) in [4.78, 5) is 21.9. The van der Waals surface area contributed by atoms with Crippen molar-refractivity contribution in [3.63, 3.8) is 0 Å². The maximum absolute atomic E-state index is 12.1. The van der Waals surface area contributed by atoms with Crippen molar-refractivity contribution in [2.75, 3.05) is 19.7 Å². The number of carbonyl (C=O) groups is 2. The quantitative estimate of drug-likeness (QED) is 0.714. The minimum atomic E-state index is -4.98. The van der Waals surface area contributed by atoms with E-state index < -0.39 is 30.7 Å². The van der Waals surface area contributed by atoms with Gasteiger partial charge in [-0.1, -0.05) is 0 Å². The van der Waals surface area contributed by atoms with Crippen molar-refractivity contribution in [2.24, 2.45) is 0 Å². The second kappa shape index (κ2) is 4.69. The molecule has 5 nitrogen and oxygen atoms in total. The van der Waals surface area contributed by atoms with Gasteiger partial charge in [-0.3, -0.25) is 4.79 Å². The third-order valence-electron chi connectivity index (χ3n) is 2.08. The Morgan fingerprint density at radius 1 is 1.38 bits per heavy atom. The van der Waals surface area contributed by atoms with E-state index >= 15 is 0 Å². The normalized spacial score (nSPS) is 22.7. The molecule has 16 heavy (non-hydrogen) atoms. The van der Waals surface area contributed by atoms with Gasteiger partial charge in [0.15, 0.2) is 6.10 Å². The standard InChI is InChI=1S/C8H10F3NO4/c9-8(10,11)7(15)12-2-1-3-16-5(4-12)6(13)14/h5H,1-4H2,(H,13,14)/t5-/m1/s1. The molecular formula is C8H10F3NO4. The number of aliphatic carboxylic acids is 1. The minimum Gasteiger partial charge on any atom is -0.479 e. The van der Waals surface area contributed by atoms with Crippen LogP contribution < -0.4 is 0 Å². The number of rotatable bonds is 1. The van der Waals surface area contributed by atoms with E-state index in [9.17, 15) is 22.8 Å². The lowest BCUT2D eigenvalue weighted by Crippen LogP contribution is -2.45. The van der Waals surface area contributed by atoms with E-state index in [2.05, 4.69) is 0 Å². The third kappa shape index (κ3) is 3.09. The Bertz CT molecular complexity index is 291. The average Bonchev–Trinajstić information content (AvgIpc) is 2.40. The van der Waals surface area contributed by atoms with Crippen molar-refractivity contribution >= 4 is 11.9 Å². The van der Waals surface area contributed by atoms with Crippen molar-refractivity contribution in [1.82, 2.24) is 4.90 Å². The molecule has 0 unspecified atom stereocenters. The SMILES string of the molecule is O=C(O)[C@H]1CN(C(=O)C(F)(F)F)CCCO1. The molecule has 92 valence electrons. The molecule has 0 aromatic rings. The summed E-state index contributed by atoms with van der Waals surface area (Å²) in [5, 5.41) is 8.62. The number of nitrogens with zero attached hydrogens (tertiary/aromatic N) is 1. The molecule has 1 atom stereocenters. The molecule has 1 rings (SSSR count). The Hall–Kier alpha value is -1.31. The van der Waals surface area contributed by atoms with Crippen LogP contribution in [0.15, 0.2) is 0 Å². The van der Waals surface area contributed by atoms with E-state index in [-0.39, 0.29) is 19.6 Å². The Kier molecular flexibility index (Phi) is 3.74. The number of carboxylic acids is 1. The van der Waals surface area contributed by atoms with E-state index in [0.717, 1.165) is 0 Å². The molecule has 1 amide bonds. The average molecular weight is 241 g/mol. The van der Waals surface area contributed by atoms with E-state index in [1.165, 1.54) is 0 Å². The van der Waals surface area contributed by atoms with Gasteiger partial charge in [-0.2, -0.15) is 13.2 Å². The smallest absolute Gasteiger partial charge is 0.471 e. The van der Waals surface area contributed by atoms with Gasteiger partial charge in [0.05, 0.1) is 6.54 Å². The van der Waals surface area contributed by atoms with Crippen molar-refractivity contribution in [3.8, 4) is 0 Å². The lowest BCUT2D eigenvalue weighted by molar-refractivity contribution is -0.186. The molecule has 1 fully saturated rings. The Balaban J connectivity index is 2.72. The number of ether oxygens (including phenoxy) is 1. The molecule has 1 saturated heterocycles. The first kappa shape index (κ1) is 12.8. The predicted molar refractivity (Wildman–Crippen MR) is 44.6 cm³/mol. The summed E-state index contributed by atoms with van der Waals surface area (Å²) in [6, 6.07) is 0. The Morgan fingerprint density at radius 2 is 2.00 bits per heavy atom. The van der Waals surface area contributed by atoms with Gasteiger partial charge in [-0.05, 0) is 6.42 Å². The summed E-state index contributed by atoms with van der Waals surface area (Å²) in [5.74, 6) is -3.40. The largest absolute Gasteiger partial charge is 0.479 e. The topological polar surface area (TPSA) is 66.8 Å². The fourth-order valence-corrected chi connectivity index (χ4v) is 1.34. The van der Waals surface area contributed by atoms with Crippen LogP contribution in [0.2, 0.25) is 0 Å². The summed E-state index contributed by atoms with van der Waals surface area (Å²) >= 11 is 0. The van der Waals surface area contributed by atoms with Gasteiger partial charge in [0.1, 0.15) is 0 Å². The summed E-state index contributed by atoms with van der Waals surface area (Å²) < 4.78 is 41.1. The molecule has 1 aliphatic rings. The fourth-order valence-electron chi connectivity index (χ4n) is 1.34. The molecule has 0 radical (unpaired) electrons. The summed E-state index contributed by atoms with van der Waals surface area (Å²) in [7, 11) is 0. The van der Waals surface area contributed by atoms with Gasteiger partial charge in [0.25, 0.3) is 0 Å². The number of hydrogen-bond acceptors (Lipinski definition) is 3. The fraction of sp³-hybridized carbons (Fsp3) is 0.750. The number of alkyl halides is 3. The summed E-state index contributed by atoms with van der Waals surface area (Å²) in [6.45, 7) is -0.700. The number of amides is 1. The monoisotopic (exact) mass is 241 g/mol. The van der Waals surface area contributed by atoms with E-state index in [0.29, 0.717) is 4.90 Å². The number of halogens is 3. The molecule has 0 bridgehead atoms. The number of hydrogen-bond donors (Lipinski definition) is 1. The lowest BCUT2D eigenvalue weighted by Gasteiger charge is -2.22. The first-order valence-corrected chi connectivity index (χ1v) is 4.53. The molecule has 0 spiro atoms. The van der Waals surface area contributed by atoms with Gasteiger partial charge >= 0.3 is 18.1 Å². The van der Waals surface area contributed by atoms with Crippen molar-refractivity contribution in [2.45, 2.75) is 18.7 Å². The van der Waals surface area contributed by atoms with Crippen molar-refractivity contribution < 1.29 is 32.6 Å². The Morgan fingerprint density at radius 3 is 2.50 bits per heavy atom. The number of carbonyl (C=O) groups excluding carboxylic acids is 1. The first-order chi connectivity index (χ1) is 7.32. The Labute approximate surface area is 88.8 Å². The maximum atomic E-state index is 12.1. The van der Waals surface area contributed by atoms with Crippen LogP contribution in [0.25, 0.3) is 0 Å². The summed E-state index contributed by atoms with van der Waals surface area (Å²) in [5.41, 5.74) is 0. The zero-order chi connectivity index (χ0) is 12.3. The van der Waals surface area contributed by atoms with Gasteiger partial charge in [-0.25, -0.2) is 4.79 Å². The van der Waals surface area contributed by atoms with Crippen LogP contribution in [-0.2, 0) is 14.3 Å². The zero-order valence-electron chi connectivity index (χ0n) is 8.16. The minimum absolute atomic E-state index is 0.0264. The third-order valence-corrected chi connectivity index (χ3v) is 2.08. The highest BCUT2D eigenvalue weighted by Gasteiger charge is 2.43. The second-order valence-electron chi connectivity index (χ2n) is 3.30. The van der Waals surface area contributed by atoms with Crippen molar-refractivity contribution in [1.29, 1.82) is 0 Å². The molecular weight excluding hydrogens is 231 g/mol. The molecule has 0 aromatic heterocycles. The molecule has 1 N–H and O–H groups in total. The van der Waals surface area contributed by atoms with Crippen molar-refractivity contribution in [3.05, 3.63) is 0 Å². The lowest BCUT2D eigenvalue weighted by atomic mass is 10.3. The van der Waals surface area contributed by atoms with Crippen LogP contribution in [0.1, 0.15) is 6.42 Å². The molecule has 0 aliphatic carbocycles. The molecule has 1 heterocycles. The highest BCUT2D eigenvalue weighted by atomic mass is 19.4. The van der Waals surface area contributed by atoms with Crippen LogP contribution in [0.4, 0.5) is 13.2 Å². The van der Waals surface area contributed by atoms with Crippen LogP contribution in [0, 0.1) is 0 Å². The summed E-state index contributed by atoms with van der Waals surface area (Å²) in [6.07, 6.45) is -6.19. The first-order valence-electron chi connectivity index (χ1n) is 4.53. The van der Waals surface area contributed by atoms with Gasteiger partial charge in [0, 0.05) is 13.2 Å². The van der Waals surface area contributed by atoms with E-state index in [1.54, 1.807) is 0 Å². The molecule has 8 heteroatoms. The van der Waals surface area contributed by atoms with E-state index in [1.807, 2.05) is 0 Å².